The molecule has 0 spiro atoms. The molecule has 3 fully saturated rings. The molecule has 3 heterocycles. The molecule has 10 nitrogen and oxygen atoms in total. The number of rotatable bonds is 5. The van der Waals surface area contributed by atoms with Crippen LogP contribution in [0.3, 0.4) is 0 Å². The van der Waals surface area contributed by atoms with Crippen LogP contribution in [0.25, 0.3) is 0 Å². The number of piperazine rings is 1. The highest BCUT2D eigenvalue weighted by Crippen LogP contribution is 2.29. The number of urea groups is 1. The van der Waals surface area contributed by atoms with Crippen molar-refractivity contribution in [3.63, 3.8) is 0 Å². The van der Waals surface area contributed by atoms with Gasteiger partial charge in [0, 0.05) is 51.3 Å². The summed E-state index contributed by atoms with van der Waals surface area (Å²) in [5.74, 6) is -0.603. The van der Waals surface area contributed by atoms with Crippen LogP contribution in [-0.4, -0.2) is 84.1 Å². The van der Waals surface area contributed by atoms with E-state index in [1.165, 1.54) is 4.90 Å². The molecule has 2 aromatic carbocycles. The molecular formula is C27H30ClN5O5. The molecule has 5 rings (SSSR count). The van der Waals surface area contributed by atoms with Crippen molar-refractivity contribution in [2.24, 2.45) is 0 Å². The summed E-state index contributed by atoms with van der Waals surface area (Å²) in [5.41, 5.74) is 2.24. The minimum Gasteiger partial charge on any atom is -0.367 e. The number of carbonyl (C=O) groups excluding carboxylic acids is 4. The second-order valence-corrected chi connectivity index (χ2v) is 10.1. The third-order valence-corrected chi connectivity index (χ3v) is 7.45. The SMILES string of the molecule is O=C(ON1C(=O)NC(Cc2ccccc2)C1=O)N1CCN(c2ccc(C(=O)N3CCCCC3)cc2Cl)CC1. The van der Waals surface area contributed by atoms with Gasteiger partial charge in [-0.2, -0.15) is 0 Å². The Labute approximate surface area is 226 Å². The summed E-state index contributed by atoms with van der Waals surface area (Å²) in [6.45, 7) is 3.14. The maximum atomic E-state index is 12.8. The second-order valence-electron chi connectivity index (χ2n) is 9.67. The van der Waals surface area contributed by atoms with Gasteiger partial charge in [-0.25, -0.2) is 9.59 Å². The van der Waals surface area contributed by atoms with Crippen molar-refractivity contribution in [1.82, 2.24) is 20.2 Å². The van der Waals surface area contributed by atoms with Crippen LogP contribution in [0.1, 0.15) is 35.2 Å². The van der Waals surface area contributed by atoms with Gasteiger partial charge < -0.3 is 24.9 Å². The lowest BCUT2D eigenvalue weighted by molar-refractivity contribution is -0.151. The van der Waals surface area contributed by atoms with Gasteiger partial charge in [0.25, 0.3) is 11.8 Å². The molecule has 200 valence electrons. The smallest absolute Gasteiger partial charge is 0.367 e. The molecule has 1 N–H and O–H groups in total. The molecule has 1 unspecified atom stereocenters. The molecule has 0 radical (unpaired) electrons. The van der Waals surface area contributed by atoms with Gasteiger partial charge in [-0.3, -0.25) is 9.59 Å². The number of piperidine rings is 1. The summed E-state index contributed by atoms with van der Waals surface area (Å²) in [7, 11) is 0. The fourth-order valence-electron chi connectivity index (χ4n) is 5.03. The van der Waals surface area contributed by atoms with Crippen molar-refractivity contribution in [3.8, 4) is 0 Å². The highest BCUT2D eigenvalue weighted by atomic mass is 35.5. The number of carbonyl (C=O) groups is 4. The fraction of sp³-hybridized carbons (Fsp3) is 0.407. The van der Waals surface area contributed by atoms with Gasteiger partial charge in [-0.05, 0) is 43.0 Å². The number of nitrogens with one attached hydrogen (secondary N) is 1. The van der Waals surface area contributed by atoms with Gasteiger partial charge in [0.05, 0.1) is 10.7 Å². The minimum absolute atomic E-state index is 0.00257. The zero-order chi connectivity index (χ0) is 26.6. The van der Waals surface area contributed by atoms with E-state index < -0.39 is 24.1 Å². The van der Waals surface area contributed by atoms with Crippen molar-refractivity contribution in [2.75, 3.05) is 44.2 Å². The molecule has 0 aliphatic carbocycles. The fourth-order valence-corrected chi connectivity index (χ4v) is 5.33. The van der Waals surface area contributed by atoms with Gasteiger partial charge in [0.15, 0.2) is 0 Å². The average molecular weight is 540 g/mol. The lowest BCUT2D eigenvalue weighted by Gasteiger charge is -2.36. The Morgan fingerprint density at radius 1 is 0.895 bits per heavy atom. The Balaban J connectivity index is 1.14. The lowest BCUT2D eigenvalue weighted by Crippen LogP contribution is -2.50. The van der Waals surface area contributed by atoms with E-state index in [0.717, 1.165) is 43.6 Å². The molecule has 3 aliphatic rings. The highest BCUT2D eigenvalue weighted by Gasteiger charge is 2.42. The van der Waals surface area contributed by atoms with Gasteiger partial charge in [0.2, 0.25) is 0 Å². The summed E-state index contributed by atoms with van der Waals surface area (Å²) in [5, 5.41) is 3.56. The summed E-state index contributed by atoms with van der Waals surface area (Å²) in [6, 6.07) is 13.1. The Hall–Kier alpha value is -3.79. The molecule has 0 aromatic heterocycles. The maximum absolute atomic E-state index is 12.8. The Morgan fingerprint density at radius 3 is 2.29 bits per heavy atom. The molecule has 2 aromatic rings. The van der Waals surface area contributed by atoms with Crippen LogP contribution in [0.4, 0.5) is 15.3 Å². The number of anilines is 1. The zero-order valence-electron chi connectivity index (χ0n) is 21.0. The van der Waals surface area contributed by atoms with E-state index in [0.29, 0.717) is 48.2 Å². The number of amides is 5. The van der Waals surface area contributed by atoms with Crippen molar-refractivity contribution in [1.29, 1.82) is 0 Å². The van der Waals surface area contributed by atoms with Crippen molar-refractivity contribution >= 4 is 41.2 Å². The predicted molar refractivity (Wildman–Crippen MR) is 141 cm³/mol. The molecule has 0 saturated carbocycles. The number of imide groups is 1. The van der Waals surface area contributed by atoms with Crippen LogP contribution < -0.4 is 10.2 Å². The zero-order valence-corrected chi connectivity index (χ0v) is 21.7. The summed E-state index contributed by atoms with van der Waals surface area (Å²) < 4.78 is 0. The quantitative estimate of drug-likeness (QED) is 0.585. The van der Waals surface area contributed by atoms with Gasteiger partial charge >= 0.3 is 12.1 Å². The Morgan fingerprint density at radius 2 is 1.61 bits per heavy atom. The van der Waals surface area contributed by atoms with Crippen LogP contribution in [0, 0.1) is 0 Å². The third-order valence-electron chi connectivity index (χ3n) is 7.15. The normalized spacial score (nSPS) is 20.0. The van der Waals surface area contributed by atoms with E-state index >= 15 is 0 Å². The summed E-state index contributed by atoms with van der Waals surface area (Å²) in [6.07, 6.45) is 2.74. The lowest BCUT2D eigenvalue weighted by atomic mass is 10.1. The number of hydrogen-bond acceptors (Lipinski definition) is 6. The van der Waals surface area contributed by atoms with Crippen LogP contribution in [0.2, 0.25) is 5.02 Å². The van der Waals surface area contributed by atoms with Gasteiger partial charge in [-0.15, -0.1) is 0 Å². The standard InChI is InChI=1S/C27H30ClN5O5/c28-21-18-20(24(34)31-11-5-2-6-12-31)9-10-23(21)30-13-15-32(16-14-30)27(37)38-33-25(35)22(29-26(33)36)17-19-7-3-1-4-8-19/h1,3-4,7-10,18,22H,2,5-6,11-17H2,(H,29,36). The summed E-state index contributed by atoms with van der Waals surface area (Å²) >= 11 is 6.56. The van der Waals surface area contributed by atoms with Crippen LogP contribution in [-0.2, 0) is 16.1 Å². The first-order valence-corrected chi connectivity index (χ1v) is 13.3. The van der Waals surface area contributed by atoms with Gasteiger partial charge in [0.1, 0.15) is 6.04 Å². The number of benzene rings is 2. The first kappa shape index (κ1) is 25.8. The third kappa shape index (κ3) is 5.55. The number of hydroxylamine groups is 2. The van der Waals surface area contributed by atoms with E-state index in [2.05, 4.69) is 5.32 Å². The maximum Gasteiger partial charge on any atom is 0.434 e. The number of hydrogen-bond donors (Lipinski definition) is 1. The molecular weight excluding hydrogens is 510 g/mol. The average Bonchev–Trinajstić information content (AvgIpc) is 3.21. The van der Waals surface area contributed by atoms with E-state index in [1.807, 2.05) is 46.2 Å². The van der Waals surface area contributed by atoms with Crippen molar-refractivity contribution < 1.29 is 24.0 Å². The van der Waals surface area contributed by atoms with E-state index in [4.69, 9.17) is 16.4 Å². The number of likely N-dealkylation sites (tertiary alicyclic amines) is 1. The summed E-state index contributed by atoms with van der Waals surface area (Å²) in [4.78, 5) is 61.0. The first-order chi connectivity index (χ1) is 18.4. The Bertz CT molecular complexity index is 1210. The molecule has 1 atom stereocenters. The highest BCUT2D eigenvalue weighted by molar-refractivity contribution is 6.33. The van der Waals surface area contributed by atoms with Gasteiger partial charge in [-0.1, -0.05) is 47.0 Å². The van der Waals surface area contributed by atoms with Crippen molar-refractivity contribution in [3.05, 3.63) is 64.7 Å². The molecule has 3 saturated heterocycles. The van der Waals surface area contributed by atoms with Crippen molar-refractivity contribution in [2.45, 2.75) is 31.7 Å². The monoisotopic (exact) mass is 539 g/mol. The minimum atomic E-state index is -0.790. The van der Waals surface area contributed by atoms with Crippen LogP contribution >= 0.6 is 11.6 Å². The van der Waals surface area contributed by atoms with Crippen LogP contribution in [0.5, 0.6) is 0 Å². The van der Waals surface area contributed by atoms with Crippen LogP contribution in [0.15, 0.2) is 48.5 Å². The second kappa shape index (κ2) is 11.3. The predicted octanol–water partition coefficient (Wildman–Crippen LogP) is 3.30. The number of nitrogens with zero attached hydrogens (tertiary/aromatic N) is 4. The largest absolute Gasteiger partial charge is 0.434 e. The molecule has 11 heteroatoms. The molecule has 0 bridgehead atoms. The van der Waals surface area contributed by atoms with E-state index in [1.54, 1.807) is 12.1 Å². The van der Waals surface area contributed by atoms with E-state index in [9.17, 15) is 19.2 Å². The topological polar surface area (TPSA) is 102 Å². The first-order valence-electron chi connectivity index (χ1n) is 12.9. The molecule has 5 amide bonds. The van der Waals surface area contributed by atoms with E-state index in [-0.39, 0.29) is 5.91 Å². The number of halogens is 1. The molecule has 38 heavy (non-hydrogen) atoms. The Kier molecular flexibility index (Phi) is 7.69. The molecule has 3 aliphatic heterocycles.